The SMILES string of the molecule is Cc1ccc(OCCC(=O)NCCCOCC2CC2)cc1. The zero-order chi connectivity index (χ0) is 14.9. The molecule has 116 valence electrons. The van der Waals surface area contributed by atoms with Crippen molar-refractivity contribution in [3.8, 4) is 5.75 Å². The van der Waals surface area contributed by atoms with E-state index in [1.165, 1.54) is 18.4 Å². The number of amides is 1. The van der Waals surface area contributed by atoms with E-state index in [1.807, 2.05) is 31.2 Å². The number of hydrogen-bond donors (Lipinski definition) is 1. The van der Waals surface area contributed by atoms with Crippen LogP contribution in [-0.4, -0.2) is 32.3 Å². The smallest absolute Gasteiger partial charge is 0.223 e. The number of nitrogens with one attached hydrogen (secondary N) is 1. The number of hydrogen-bond acceptors (Lipinski definition) is 3. The highest BCUT2D eigenvalue weighted by Crippen LogP contribution is 2.28. The van der Waals surface area contributed by atoms with Crippen molar-refractivity contribution in [2.45, 2.75) is 32.6 Å². The van der Waals surface area contributed by atoms with Crippen LogP contribution in [0.4, 0.5) is 0 Å². The van der Waals surface area contributed by atoms with Gasteiger partial charge < -0.3 is 14.8 Å². The first-order valence-electron chi connectivity index (χ1n) is 7.78. The molecule has 4 nitrogen and oxygen atoms in total. The Morgan fingerprint density at radius 2 is 2.00 bits per heavy atom. The number of carbonyl (C=O) groups excluding carboxylic acids is 1. The van der Waals surface area contributed by atoms with Gasteiger partial charge in [0.25, 0.3) is 0 Å². The first-order valence-corrected chi connectivity index (χ1v) is 7.78. The predicted octanol–water partition coefficient (Wildman–Crippen LogP) is 2.70. The van der Waals surface area contributed by atoms with Crippen LogP contribution in [0.25, 0.3) is 0 Å². The summed E-state index contributed by atoms with van der Waals surface area (Å²) in [5.74, 6) is 1.64. The van der Waals surface area contributed by atoms with Gasteiger partial charge in [0.2, 0.25) is 5.91 Å². The van der Waals surface area contributed by atoms with Gasteiger partial charge >= 0.3 is 0 Å². The molecule has 0 saturated heterocycles. The molecule has 21 heavy (non-hydrogen) atoms. The molecule has 1 N–H and O–H groups in total. The van der Waals surface area contributed by atoms with Crippen LogP contribution < -0.4 is 10.1 Å². The Kier molecular flexibility index (Phi) is 6.54. The molecule has 0 spiro atoms. The third-order valence-electron chi connectivity index (χ3n) is 3.46. The normalized spacial score (nSPS) is 14.0. The molecule has 1 aliphatic carbocycles. The monoisotopic (exact) mass is 291 g/mol. The molecule has 0 aliphatic heterocycles. The van der Waals surface area contributed by atoms with Crippen LogP contribution in [0.15, 0.2) is 24.3 Å². The summed E-state index contributed by atoms with van der Waals surface area (Å²) in [4.78, 5) is 11.6. The Morgan fingerprint density at radius 1 is 1.24 bits per heavy atom. The number of rotatable bonds is 10. The fraction of sp³-hybridized carbons (Fsp3) is 0.588. The van der Waals surface area contributed by atoms with Crippen LogP contribution in [-0.2, 0) is 9.53 Å². The summed E-state index contributed by atoms with van der Waals surface area (Å²) in [6, 6.07) is 7.84. The van der Waals surface area contributed by atoms with E-state index in [1.54, 1.807) is 0 Å². The second-order valence-electron chi connectivity index (χ2n) is 5.63. The van der Waals surface area contributed by atoms with Crippen molar-refractivity contribution in [1.82, 2.24) is 5.32 Å². The first kappa shape index (κ1) is 15.8. The van der Waals surface area contributed by atoms with Gasteiger partial charge in [-0.1, -0.05) is 17.7 Å². The summed E-state index contributed by atoms with van der Waals surface area (Å²) >= 11 is 0. The van der Waals surface area contributed by atoms with Crippen LogP contribution in [0.2, 0.25) is 0 Å². The molecule has 1 aromatic rings. The number of carbonyl (C=O) groups is 1. The standard InChI is InChI=1S/C17H25NO3/c1-14-3-7-16(8-4-14)21-12-9-17(19)18-10-2-11-20-13-15-5-6-15/h3-4,7-8,15H,2,5-6,9-13H2,1H3,(H,18,19). The van der Waals surface area contributed by atoms with Gasteiger partial charge in [0.15, 0.2) is 0 Å². The second-order valence-corrected chi connectivity index (χ2v) is 5.63. The second kappa shape index (κ2) is 8.67. The van der Waals surface area contributed by atoms with Gasteiger partial charge in [-0.15, -0.1) is 0 Å². The van der Waals surface area contributed by atoms with Crippen LogP contribution in [0.1, 0.15) is 31.2 Å². The average molecular weight is 291 g/mol. The summed E-state index contributed by atoms with van der Waals surface area (Å²) in [5, 5.41) is 2.88. The van der Waals surface area contributed by atoms with E-state index in [9.17, 15) is 4.79 Å². The maximum absolute atomic E-state index is 11.6. The Balaban J connectivity index is 1.44. The minimum Gasteiger partial charge on any atom is -0.493 e. The van der Waals surface area contributed by atoms with Crippen molar-refractivity contribution < 1.29 is 14.3 Å². The molecule has 0 radical (unpaired) electrons. The quantitative estimate of drug-likeness (QED) is 0.674. The summed E-state index contributed by atoms with van der Waals surface area (Å²) in [6.45, 7) is 4.74. The van der Waals surface area contributed by atoms with Crippen molar-refractivity contribution in [3.05, 3.63) is 29.8 Å². The Bertz CT molecular complexity index is 426. The Hall–Kier alpha value is -1.55. The van der Waals surface area contributed by atoms with E-state index in [4.69, 9.17) is 9.47 Å². The summed E-state index contributed by atoms with van der Waals surface area (Å²) in [6.07, 6.45) is 3.89. The lowest BCUT2D eigenvalue weighted by Crippen LogP contribution is -2.26. The Labute approximate surface area is 126 Å². The van der Waals surface area contributed by atoms with Crippen molar-refractivity contribution in [2.24, 2.45) is 5.92 Å². The zero-order valence-electron chi connectivity index (χ0n) is 12.8. The van der Waals surface area contributed by atoms with Crippen molar-refractivity contribution in [1.29, 1.82) is 0 Å². The highest BCUT2D eigenvalue weighted by molar-refractivity contribution is 5.75. The predicted molar refractivity (Wildman–Crippen MR) is 82.5 cm³/mol. The topological polar surface area (TPSA) is 47.6 Å². The van der Waals surface area contributed by atoms with E-state index in [2.05, 4.69) is 5.32 Å². The molecule has 1 aliphatic rings. The molecule has 1 fully saturated rings. The van der Waals surface area contributed by atoms with Gasteiger partial charge in [-0.05, 0) is 44.2 Å². The fourth-order valence-corrected chi connectivity index (χ4v) is 1.92. The van der Waals surface area contributed by atoms with Crippen molar-refractivity contribution >= 4 is 5.91 Å². The first-order chi connectivity index (χ1) is 10.2. The van der Waals surface area contributed by atoms with E-state index in [0.29, 0.717) is 19.6 Å². The number of ether oxygens (including phenoxy) is 2. The van der Waals surface area contributed by atoms with Gasteiger partial charge in [-0.3, -0.25) is 4.79 Å². The molecule has 0 unspecified atom stereocenters. The molecule has 0 heterocycles. The fourth-order valence-electron chi connectivity index (χ4n) is 1.92. The molecule has 0 bridgehead atoms. The van der Waals surface area contributed by atoms with Crippen LogP contribution in [0, 0.1) is 12.8 Å². The van der Waals surface area contributed by atoms with Crippen LogP contribution in [0.3, 0.4) is 0 Å². The largest absolute Gasteiger partial charge is 0.493 e. The number of aryl methyl sites for hydroxylation is 1. The Morgan fingerprint density at radius 3 is 2.71 bits per heavy atom. The summed E-state index contributed by atoms with van der Waals surface area (Å²) < 4.78 is 11.0. The van der Waals surface area contributed by atoms with Gasteiger partial charge in [0, 0.05) is 19.8 Å². The molecule has 1 saturated carbocycles. The lowest BCUT2D eigenvalue weighted by atomic mass is 10.2. The van der Waals surface area contributed by atoms with Gasteiger partial charge in [-0.25, -0.2) is 0 Å². The van der Waals surface area contributed by atoms with Gasteiger partial charge in [0.05, 0.1) is 13.0 Å². The lowest BCUT2D eigenvalue weighted by molar-refractivity contribution is -0.121. The van der Waals surface area contributed by atoms with E-state index < -0.39 is 0 Å². The van der Waals surface area contributed by atoms with Crippen molar-refractivity contribution in [2.75, 3.05) is 26.4 Å². The average Bonchev–Trinajstić information content (AvgIpc) is 3.29. The molecular formula is C17H25NO3. The zero-order valence-corrected chi connectivity index (χ0v) is 12.8. The minimum absolute atomic E-state index is 0.0318. The molecule has 0 atom stereocenters. The maximum Gasteiger partial charge on any atom is 0.223 e. The highest BCUT2D eigenvalue weighted by atomic mass is 16.5. The summed E-state index contributed by atoms with van der Waals surface area (Å²) in [7, 11) is 0. The molecular weight excluding hydrogens is 266 g/mol. The summed E-state index contributed by atoms with van der Waals surface area (Å²) in [5.41, 5.74) is 1.20. The molecule has 4 heteroatoms. The van der Waals surface area contributed by atoms with E-state index in [0.717, 1.165) is 31.3 Å². The van der Waals surface area contributed by atoms with Crippen LogP contribution >= 0.6 is 0 Å². The lowest BCUT2D eigenvalue weighted by Gasteiger charge is -2.08. The van der Waals surface area contributed by atoms with Crippen LogP contribution in [0.5, 0.6) is 5.75 Å². The van der Waals surface area contributed by atoms with E-state index >= 15 is 0 Å². The molecule has 1 amide bonds. The minimum atomic E-state index is 0.0318. The molecule has 2 rings (SSSR count). The highest BCUT2D eigenvalue weighted by Gasteiger charge is 2.20. The molecule has 1 aromatic carbocycles. The third kappa shape index (κ3) is 7.14. The van der Waals surface area contributed by atoms with E-state index in [-0.39, 0.29) is 5.91 Å². The third-order valence-corrected chi connectivity index (χ3v) is 3.46. The molecule has 0 aromatic heterocycles. The maximum atomic E-state index is 11.6. The number of benzene rings is 1. The van der Waals surface area contributed by atoms with Crippen molar-refractivity contribution in [3.63, 3.8) is 0 Å². The van der Waals surface area contributed by atoms with Gasteiger partial charge in [-0.2, -0.15) is 0 Å². The van der Waals surface area contributed by atoms with Gasteiger partial charge in [0.1, 0.15) is 5.75 Å².